The summed E-state index contributed by atoms with van der Waals surface area (Å²) in [6.45, 7) is 1.65. The van der Waals surface area contributed by atoms with E-state index in [-0.39, 0.29) is 12.8 Å². The smallest absolute Gasteiger partial charge is 0.336 e. The third kappa shape index (κ3) is 3.06. The Morgan fingerprint density at radius 2 is 2.00 bits per heavy atom. The lowest BCUT2D eigenvalue weighted by molar-refractivity contribution is -0.158. The SMILES string of the molecule is CC[C@@](O)(Cc1ccc(Br)c(Br)c1)C(=O)O. The Hall–Kier alpha value is -0.390. The highest BCUT2D eigenvalue weighted by molar-refractivity contribution is 9.13. The second-order valence-electron chi connectivity index (χ2n) is 3.62. The molecule has 0 aromatic heterocycles. The first kappa shape index (κ1) is 13.7. The molecule has 1 aromatic carbocycles. The highest BCUT2D eigenvalue weighted by atomic mass is 79.9. The molecule has 16 heavy (non-hydrogen) atoms. The predicted molar refractivity (Wildman–Crippen MR) is 68.4 cm³/mol. The zero-order chi connectivity index (χ0) is 12.3. The summed E-state index contributed by atoms with van der Waals surface area (Å²) < 4.78 is 1.74. The fourth-order valence-corrected chi connectivity index (χ4v) is 2.01. The van der Waals surface area contributed by atoms with Crippen molar-refractivity contribution in [3.05, 3.63) is 32.7 Å². The predicted octanol–water partition coefficient (Wildman–Crippen LogP) is 2.98. The molecule has 2 N–H and O–H groups in total. The van der Waals surface area contributed by atoms with Crippen molar-refractivity contribution in [3.63, 3.8) is 0 Å². The molecule has 88 valence electrons. The largest absolute Gasteiger partial charge is 0.479 e. The molecular formula is C11H12Br2O3. The van der Waals surface area contributed by atoms with Crippen LogP contribution in [0, 0.1) is 0 Å². The van der Waals surface area contributed by atoms with Gasteiger partial charge in [0.2, 0.25) is 0 Å². The van der Waals surface area contributed by atoms with E-state index < -0.39 is 11.6 Å². The van der Waals surface area contributed by atoms with Gasteiger partial charge in [-0.1, -0.05) is 13.0 Å². The number of hydrogen-bond donors (Lipinski definition) is 2. The van der Waals surface area contributed by atoms with Crippen LogP contribution >= 0.6 is 31.9 Å². The van der Waals surface area contributed by atoms with Gasteiger partial charge >= 0.3 is 5.97 Å². The van der Waals surface area contributed by atoms with Gasteiger partial charge in [0.1, 0.15) is 0 Å². The Morgan fingerprint density at radius 1 is 1.38 bits per heavy atom. The van der Waals surface area contributed by atoms with Crippen LogP contribution in [0.25, 0.3) is 0 Å². The summed E-state index contributed by atoms with van der Waals surface area (Å²) in [7, 11) is 0. The normalized spacial score (nSPS) is 14.5. The van der Waals surface area contributed by atoms with E-state index in [1.807, 2.05) is 6.07 Å². The Balaban J connectivity index is 2.95. The van der Waals surface area contributed by atoms with Crippen LogP contribution in [0.2, 0.25) is 0 Å². The van der Waals surface area contributed by atoms with E-state index in [0.29, 0.717) is 0 Å². The van der Waals surface area contributed by atoms with Crippen molar-refractivity contribution in [1.29, 1.82) is 0 Å². The Kier molecular flexibility index (Phi) is 4.52. The minimum absolute atomic E-state index is 0.102. The Labute approximate surface area is 111 Å². The molecule has 1 atom stereocenters. The molecule has 1 aromatic rings. The van der Waals surface area contributed by atoms with Crippen LogP contribution in [0.1, 0.15) is 18.9 Å². The van der Waals surface area contributed by atoms with Gasteiger partial charge in [0.05, 0.1) is 0 Å². The fourth-order valence-electron chi connectivity index (χ4n) is 1.34. The number of aliphatic carboxylic acids is 1. The highest BCUT2D eigenvalue weighted by Gasteiger charge is 2.33. The molecule has 0 aliphatic carbocycles. The summed E-state index contributed by atoms with van der Waals surface area (Å²) in [6.07, 6.45) is 0.279. The summed E-state index contributed by atoms with van der Waals surface area (Å²) in [4.78, 5) is 10.9. The average Bonchev–Trinajstić information content (AvgIpc) is 2.23. The van der Waals surface area contributed by atoms with E-state index in [1.165, 1.54) is 0 Å². The summed E-state index contributed by atoms with van der Waals surface area (Å²) in [5.41, 5.74) is -0.908. The minimum Gasteiger partial charge on any atom is -0.479 e. The number of hydrogen-bond acceptors (Lipinski definition) is 2. The van der Waals surface area contributed by atoms with E-state index in [2.05, 4.69) is 31.9 Å². The van der Waals surface area contributed by atoms with Gasteiger partial charge in [-0.25, -0.2) is 4.79 Å². The van der Waals surface area contributed by atoms with Crippen LogP contribution in [0.4, 0.5) is 0 Å². The van der Waals surface area contributed by atoms with Gasteiger partial charge < -0.3 is 10.2 Å². The van der Waals surface area contributed by atoms with Crippen molar-refractivity contribution >= 4 is 37.8 Å². The first-order chi connectivity index (χ1) is 7.39. The molecule has 0 fully saturated rings. The lowest BCUT2D eigenvalue weighted by Gasteiger charge is -2.21. The highest BCUT2D eigenvalue weighted by Crippen LogP contribution is 2.26. The van der Waals surface area contributed by atoms with Crippen LogP contribution in [-0.4, -0.2) is 21.8 Å². The lowest BCUT2D eigenvalue weighted by Crippen LogP contribution is -2.40. The first-order valence-corrected chi connectivity index (χ1v) is 6.37. The van der Waals surface area contributed by atoms with Crippen molar-refractivity contribution in [2.45, 2.75) is 25.4 Å². The third-order valence-electron chi connectivity index (χ3n) is 2.46. The molecule has 0 aliphatic rings. The zero-order valence-corrected chi connectivity index (χ0v) is 11.9. The Morgan fingerprint density at radius 3 is 2.44 bits per heavy atom. The summed E-state index contributed by atoms with van der Waals surface area (Å²) in [5.74, 6) is -1.19. The molecule has 5 heteroatoms. The van der Waals surface area contributed by atoms with E-state index in [4.69, 9.17) is 5.11 Å². The van der Waals surface area contributed by atoms with Gasteiger partial charge in [0.15, 0.2) is 5.60 Å². The molecule has 0 bridgehead atoms. The molecule has 0 spiro atoms. The molecule has 0 amide bonds. The monoisotopic (exact) mass is 350 g/mol. The third-order valence-corrected chi connectivity index (χ3v) is 4.34. The second-order valence-corrected chi connectivity index (χ2v) is 5.32. The van der Waals surface area contributed by atoms with Crippen LogP contribution in [0.3, 0.4) is 0 Å². The number of aliphatic hydroxyl groups is 1. The number of carbonyl (C=O) groups is 1. The van der Waals surface area contributed by atoms with Crippen molar-refractivity contribution in [1.82, 2.24) is 0 Å². The van der Waals surface area contributed by atoms with Gasteiger partial charge in [0.25, 0.3) is 0 Å². The van der Waals surface area contributed by atoms with Gasteiger partial charge in [-0.3, -0.25) is 0 Å². The van der Waals surface area contributed by atoms with Crippen molar-refractivity contribution in [3.8, 4) is 0 Å². The topological polar surface area (TPSA) is 57.5 Å². The van der Waals surface area contributed by atoms with Gasteiger partial charge in [0, 0.05) is 15.4 Å². The van der Waals surface area contributed by atoms with Crippen LogP contribution < -0.4 is 0 Å². The van der Waals surface area contributed by atoms with Crippen LogP contribution in [-0.2, 0) is 11.2 Å². The Bertz CT molecular complexity index is 406. The maximum absolute atomic E-state index is 10.9. The number of carboxylic acids is 1. The van der Waals surface area contributed by atoms with E-state index >= 15 is 0 Å². The van der Waals surface area contributed by atoms with Crippen LogP contribution in [0.15, 0.2) is 27.1 Å². The van der Waals surface area contributed by atoms with Crippen molar-refractivity contribution < 1.29 is 15.0 Å². The number of carboxylic acid groups (broad SMARTS) is 1. The van der Waals surface area contributed by atoms with Crippen LogP contribution in [0.5, 0.6) is 0 Å². The molecule has 0 aliphatic heterocycles. The van der Waals surface area contributed by atoms with E-state index in [9.17, 15) is 9.90 Å². The number of benzene rings is 1. The summed E-state index contributed by atoms with van der Waals surface area (Å²) in [5, 5.41) is 18.8. The molecular weight excluding hydrogens is 340 g/mol. The molecule has 0 heterocycles. The van der Waals surface area contributed by atoms with Gasteiger partial charge in [-0.05, 0) is 56.0 Å². The summed E-state index contributed by atoms with van der Waals surface area (Å²) in [6, 6.07) is 5.41. The van der Waals surface area contributed by atoms with Crippen molar-refractivity contribution in [2.24, 2.45) is 0 Å². The van der Waals surface area contributed by atoms with Crippen molar-refractivity contribution in [2.75, 3.05) is 0 Å². The minimum atomic E-state index is -1.69. The standard InChI is InChI=1S/C11H12Br2O3/c1-2-11(16,10(14)15)6-7-3-4-8(12)9(13)5-7/h3-5,16H,2,6H2,1H3,(H,14,15)/t11-/m1/s1. The zero-order valence-electron chi connectivity index (χ0n) is 8.70. The molecule has 0 saturated carbocycles. The maximum Gasteiger partial charge on any atom is 0.336 e. The molecule has 0 saturated heterocycles. The van der Waals surface area contributed by atoms with E-state index in [0.717, 1.165) is 14.5 Å². The second kappa shape index (κ2) is 5.29. The fraction of sp³-hybridized carbons (Fsp3) is 0.364. The molecule has 0 radical (unpaired) electrons. The number of rotatable bonds is 4. The average molecular weight is 352 g/mol. The van der Waals surface area contributed by atoms with E-state index in [1.54, 1.807) is 19.1 Å². The maximum atomic E-state index is 10.9. The quantitative estimate of drug-likeness (QED) is 0.876. The van der Waals surface area contributed by atoms with Gasteiger partial charge in [-0.2, -0.15) is 0 Å². The number of halogens is 2. The first-order valence-electron chi connectivity index (χ1n) is 4.79. The van der Waals surface area contributed by atoms with Gasteiger partial charge in [-0.15, -0.1) is 0 Å². The molecule has 0 unspecified atom stereocenters. The molecule has 3 nitrogen and oxygen atoms in total. The summed E-state index contributed by atoms with van der Waals surface area (Å²) >= 11 is 6.67. The lowest BCUT2D eigenvalue weighted by atomic mass is 9.92. The molecule has 1 rings (SSSR count).